The number of nitro groups is 1. The molecule has 69 valence electrons. The van der Waals surface area contributed by atoms with Crippen LogP contribution in [-0.2, 0) is 4.74 Å². The molecule has 0 aliphatic carbocycles. The molecule has 0 aliphatic rings. The second-order valence-corrected chi connectivity index (χ2v) is 2.51. The summed E-state index contributed by atoms with van der Waals surface area (Å²) in [6.07, 6.45) is 1.85. The van der Waals surface area contributed by atoms with Crippen LogP contribution in [0, 0.1) is 16.5 Å². The summed E-state index contributed by atoms with van der Waals surface area (Å²) < 4.78 is 4.83. The lowest BCUT2D eigenvalue weighted by Gasteiger charge is -1.98. The first kappa shape index (κ1) is 9.67. The van der Waals surface area contributed by atoms with E-state index in [-0.39, 0.29) is 5.69 Å². The van der Waals surface area contributed by atoms with Gasteiger partial charge in [0.25, 0.3) is 5.69 Å². The van der Waals surface area contributed by atoms with Crippen molar-refractivity contribution in [1.29, 1.82) is 0 Å². The molecule has 4 heteroatoms. The zero-order valence-corrected chi connectivity index (χ0v) is 7.27. The molecule has 0 N–H and O–H groups in total. The smallest absolute Gasteiger partial charge is 0.269 e. The van der Waals surface area contributed by atoms with E-state index in [2.05, 4.69) is 0 Å². The van der Waals surface area contributed by atoms with Gasteiger partial charge >= 0.3 is 0 Å². The van der Waals surface area contributed by atoms with E-state index < -0.39 is 4.92 Å². The van der Waals surface area contributed by atoms with E-state index in [0.29, 0.717) is 6.61 Å². The van der Waals surface area contributed by atoms with Crippen molar-refractivity contribution in [3.05, 3.63) is 46.4 Å². The maximum atomic E-state index is 10.3. The highest BCUT2D eigenvalue weighted by Crippen LogP contribution is 2.12. The third kappa shape index (κ3) is 2.83. The Morgan fingerprint density at radius 3 is 2.54 bits per heavy atom. The van der Waals surface area contributed by atoms with E-state index in [9.17, 15) is 10.1 Å². The van der Waals surface area contributed by atoms with Gasteiger partial charge < -0.3 is 4.74 Å². The van der Waals surface area contributed by atoms with Crippen molar-refractivity contribution in [2.45, 2.75) is 0 Å². The van der Waals surface area contributed by atoms with Gasteiger partial charge in [0.05, 0.1) is 11.5 Å². The van der Waals surface area contributed by atoms with Gasteiger partial charge in [-0.25, -0.2) is 0 Å². The number of hydrogen-bond acceptors (Lipinski definition) is 3. The Balaban J connectivity index is 2.64. The number of hydrogen-bond donors (Lipinski definition) is 0. The molecule has 0 unspecified atom stereocenters. The Hall–Kier alpha value is -1.42. The van der Waals surface area contributed by atoms with Gasteiger partial charge in [-0.15, -0.1) is 0 Å². The molecule has 13 heavy (non-hydrogen) atoms. The molecule has 0 saturated heterocycles. The molecule has 0 spiro atoms. The molecule has 4 nitrogen and oxygen atoms in total. The molecule has 0 fully saturated rings. The Morgan fingerprint density at radius 1 is 1.46 bits per heavy atom. The van der Waals surface area contributed by atoms with E-state index in [1.165, 1.54) is 12.1 Å². The third-order valence-electron chi connectivity index (χ3n) is 1.59. The minimum Gasteiger partial charge on any atom is -0.384 e. The predicted molar refractivity (Wildman–Crippen MR) is 48.4 cm³/mol. The Labute approximate surface area is 76.3 Å². The van der Waals surface area contributed by atoms with Crippen LogP contribution in [0.3, 0.4) is 0 Å². The fourth-order valence-electron chi connectivity index (χ4n) is 0.912. The molecule has 0 heterocycles. The number of rotatable bonds is 4. The van der Waals surface area contributed by atoms with E-state index in [1.54, 1.807) is 19.2 Å². The number of nitrogens with zero attached hydrogens (tertiary/aromatic N) is 1. The molecule has 0 saturated carbocycles. The summed E-state index contributed by atoms with van der Waals surface area (Å²) in [5, 5.41) is 10.3. The Kier molecular flexibility index (Phi) is 3.40. The van der Waals surface area contributed by atoms with Crippen LogP contribution < -0.4 is 0 Å². The van der Waals surface area contributed by atoms with Crippen molar-refractivity contribution in [3.63, 3.8) is 0 Å². The predicted octanol–water partition coefficient (Wildman–Crippen LogP) is 1.79. The second kappa shape index (κ2) is 4.57. The average molecular weight is 180 g/mol. The normalized spacial score (nSPS) is 9.92. The van der Waals surface area contributed by atoms with E-state index in [0.717, 1.165) is 5.56 Å². The lowest BCUT2D eigenvalue weighted by molar-refractivity contribution is -0.384. The molecule has 1 radical (unpaired) electrons. The monoisotopic (exact) mass is 180 g/mol. The summed E-state index contributed by atoms with van der Waals surface area (Å²) in [6.45, 7) is 0.512. The summed E-state index contributed by atoms with van der Waals surface area (Å²) >= 11 is 0. The summed E-state index contributed by atoms with van der Waals surface area (Å²) in [4.78, 5) is 9.88. The lowest BCUT2D eigenvalue weighted by atomic mass is 10.1. The van der Waals surface area contributed by atoms with Crippen molar-refractivity contribution in [1.82, 2.24) is 0 Å². The molecular weight excluding hydrogens is 170 g/mol. The van der Waals surface area contributed by atoms with Crippen molar-refractivity contribution in [2.24, 2.45) is 0 Å². The van der Waals surface area contributed by atoms with Gasteiger partial charge in [-0.05, 0) is 5.56 Å². The van der Waals surface area contributed by atoms with Gasteiger partial charge in [-0.1, -0.05) is 12.1 Å². The van der Waals surface area contributed by atoms with Crippen molar-refractivity contribution in [3.8, 4) is 0 Å². The van der Waals surface area contributed by atoms with Crippen molar-refractivity contribution >= 4 is 5.69 Å². The molecule has 1 rings (SSSR count). The fourth-order valence-corrected chi connectivity index (χ4v) is 0.912. The minimum absolute atomic E-state index is 0.106. The van der Waals surface area contributed by atoms with Gasteiger partial charge in [0.2, 0.25) is 0 Å². The molecule has 0 aromatic heterocycles. The number of non-ortho nitro benzene ring substituents is 1. The fraction of sp³-hybridized carbons (Fsp3) is 0.222. The van der Waals surface area contributed by atoms with Gasteiger partial charge in [0.15, 0.2) is 0 Å². The molecule has 1 aromatic rings. The quantitative estimate of drug-likeness (QED) is 0.524. The first-order chi connectivity index (χ1) is 6.24. The maximum absolute atomic E-state index is 10.3. The van der Waals surface area contributed by atoms with Crippen LogP contribution in [-0.4, -0.2) is 18.6 Å². The van der Waals surface area contributed by atoms with E-state index in [1.807, 2.05) is 6.42 Å². The molecule has 1 aromatic carbocycles. The van der Waals surface area contributed by atoms with Gasteiger partial charge in [0, 0.05) is 25.7 Å². The molecule has 0 amide bonds. The van der Waals surface area contributed by atoms with Gasteiger partial charge in [-0.3, -0.25) is 10.1 Å². The van der Waals surface area contributed by atoms with Crippen LogP contribution >= 0.6 is 0 Å². The molecule has 0 aliphatic heterocycles. The Morgan fingerprint density at radius 2 is 2.08 bits per heavy atom. The summed E-state index contributed by atoms with van der Waals surface area (Å²) in [5.41, 5.74) is 1.03. The number of methoxy groups -OCH3 is 1. The van der Waals surface area contributed by atoms with Crippen LogP contribution in [0.1, 0.15) is 5.56 Å². The first-order valence-corrected chi connectivity index (χ1v) is 3.80. The zero-order valence-electron chi connectivity index (χ0n) is 7.27. The number of benzene rings is 1. The standard InChI is InChI=1S/C9H10NO3/c1-13-7-6-8-2-4-9(5-3-8)10(11)12/h2-6H,7H2,1H3. The zero-order chi connectivity index (χ0) is 9.68. The second-order valence-electron chi connectivity index (χ2n) is 2.51. The highest BCUT2D eigenvalue weighted by atomic mass is 16.6. The summed E-state index contributed by atoms with van der Waals surface area (Å²) in [7, 11) is 1.60. The molecule has 0 atom stereocenters. The maximum Gasteiger partial charge on any atom is 0.269 e. The van der Waals surface area contributed by atoms with Crippen LogP contribution in [0.4, 0.5) is 5.69 Å². The average Bonchev–Trinajstić information content (AvgIpc) is 2.15. The Bertz CT molecular complexity index is 281. The highest BCUT2D eigenvalue weighted by molar-refractivity contribution is 5.35. The largest absolute Gasteiger partial charge is 0.384 e. The SMILES string of the molecule is COC[CH]c1ccc([N+](=O)[O-])cc1. The van der Waals surface area contributed by atoms with E-state index >= 15 is 0 Å². The summed E-state index contributed by atoms with van der Waals surface area (Å²) in [6, 6.07) is 6.33. The van der Waals surface area contributed by atoms with Crippen LogP contribution in [0.15, 0.2) is 24.3 Å². The third-order valence-corrected chi connectivity index (χ3v) is 1.59. The molecule has 0 bridgehead atoms. The summed E-state index contributed by atoms with van der Waals surface area (Å²) in [5.74, 6) is 0. The van der Waals surface area contributed by atoms with Crippen LogP contribution in [0.5, 0.6) is 0 Å². The molecular formula is C9H10NO3. The number of ether oxygens (including phenoxy) is 1. The van der Waals surface area contributed by atoms with Gasteiger partial charge in [0.1, 0.15) is 0 Å². The van der Waals surface area contributed by atoms with Crippen LogP contribution in [0.25, 0.3) is 0 Å². The topological polar surface area (TPSA) is 52.4 Å². The minimum atomic E-state index is -0.417. The highest BCUT2D eigenvalue weighted by Gasteiger charge is 2.03. The van der Waals surface area contributed by atoms with E-state index in [4.69, 9.17) is 4.74 Å². The number of nitro benzene ring substituents is 1. The first-order valence-electron chi connectivity index (χ1n) is 3.80. The van der Waals surface area contributed by atoms with Gasteiger partial charge in [-0.2, -0.15) is 0 Å². The van der Waals surface area contributed by atoms with Crippen molar-refractivity contribution < 1.29 is 9.66 Å². The van der Waals surface area contributed by atoms with Crippen molar-refractivity contribution in [2.75, 3.05) is 13.7 Å². The van der Waals surface area contributed by atoms with Crippen LogP contribution in [0.2, 0.25) is 0 Å². The lowest BCUT2D eigenvalue weighted by Crippen LogP contribution is -1.92.